The van der Waals surface area contributed by atoms with E-state index in [0.717, 1.165) is 22.3 Å². The van der Waals surface area contributed by atoms with Crippen molar-refractivity contribution in [3.8, 4) is 0 Å². The summed E-state index contributed by atoms with van der Waals surface area (Å²) >= 11 is 0. The Morgan fingerprint density at radius 1 is 0.595 bits per heavy atom. The van der Waals surface area contributed by atoms with Crippen molar-refractivity contribution in [3.05, 3.63) is 156 Å². The Bertz CT molecular complexity index is 1320. The maximum atomic E-state index is 11.9. The van der Waals surface area contributed by atoms with E-state index in [2.05, 4.69) is 47.9 Å². The van der Waals surface area contributed by atoms with E-state index in [4.69, 9.17) is 14.2 Å². The highest BCUT2D eigenvalue weighted by atomic mass is 16.6. The second-order valence-corrected chi connectivity index (χ2v) is 10.8. The van der Waals surface area contributed by atoms with Crippen LogP contribution in [0.5, 0.6) is 0 Å². The molecule has 1 saturated heterocycles. The van der Waals surface area contributed by atoms with E-state index in [1.807, 2.05) is 91.0 Å². The highest BCUT2D eigenvalue weighted by Gasteiger charge is 2.49. The van der Waals surface area contributed by atoms with E-state index in [-0.39, 0.29) is 12.1 Å². The minimum atomic E-state index is -0.790. The van der Waals surface area contributed by atoms with Gasteiger partial charge in [0.2, 0.25) is 0 Å². The van der Waals surface area contributed by atoms with Crippen LogP contribution in [0.3, 0.4) is 0 Å². The van der Waals surface area contributed by atoms with Crippen molar-refractivity contribution < 1.29 is 19.3 Å². The summed E-state index contributed by atoms with van der Waals surface area (Å²) in [6.07, 6.45) is 0.703. The third kappa shape index (κ3) is 8.03. The van der Waals surface area contributed by atoms with Gasteiger partial charge in [-0.05, 0) is 28.7 Å². The van der Waals surface area contributed by atoms with Gasteiger partial charge >= 0.3 is 0 Å². The third-order valence-electron chi connectivity index (χ3n) is 7.87. The molecule has 42 heavy (non-hydrogen) atoms. The van der Waals surface area contributed by atoms with E-state index in [0.29, 0.717) is 39.4 Å². The van der Waals surface area contributed by atoms with Gasteiger partial charge in [-0.1, -0.05) is 127 Å². The van der Waals surface area contributed by atoms with Crippen LogP contribution in [0.25, 0.3) is 0 Å². The van der Waals surface area contributed by atoms with Crippen molar-refractivity contribution in [3.63, 3.8) is 0 Å². The van der Waals surface area contributed by atoms with Gasteiger partial charge in [0.25, 0.3) is 0 Å². The van der Waals surface area contributed by atoms with Gasteiger partial charge in [-0.2, -0.15) is 0 Å². The Labute approximate surface area is 250 Å². The molecule has 0 bridgehead atoms. The molecule has 4 aromatic rings. The van der Waals surface area contributed by atoms with E-state index in [1.165, 1.54) is 0 Å². The fraction of sp³-hybridized carbons (Fsp3) is 0.297. The Morgan fingerprint density at radius 2 is 1.05 bits per heavy atom. The average molecular weight is 564 g/mol. The summed E-state index contributed by atoms with van der Waals surface area (Å²) in [6, 6.07) is 40.4. The summed E-state index contributed by atoms with van der Waals surface area (Å²) in [5.41, 5.74) is 4.40. The molecule has 5 atom stereocenters. The van der Waals surface area contributed by atoms with Crippen molar-refractivity contribution in [2.45, 2.75) is 63.2 Å². The summed E-state index contributed by atoms with van der Waals surface area (Å²) in [4.78, 5) is 2.34. The SMILES string of the molecule is C=CC[C@@H]1[C@@H](O)[C@@H](OCc2ccccc2)[C@H](OCc2ccccc2)[C@@H](COCc2ccccc2)N1Cc1ccccc1. The maximum Gasteiger partial charge on any atom is 0.113 e. The van der Waals surface area contributed by atoms with Crippen molar-refractivity contribution in [2.75, 3.05) is 6.61 Å². The predicted octanol–water partition coefficient (Wildman–Crippen LogP) is 6.56. The summed E-state index contributed by atoms with van der Waals surface area (Å²) < 4.78 is 19.7. The largest absolute Gasteiger partial charge is 0.389 e. The molecule has 1 N–H and O–H groups in total. The van der Waals surface area contributed by atoms with Crippen molar-refractivity contribution in [2.24, 2.45) is 0 Å². The van der Waals surface area contributed by atoms with Gasteiger partial charge < -0.3 is 19.3 Å². The molecule has 1 fully saturated rings. The van der Waals surface area contributed by atoms with Crippen LogP contribution in [0, 0.1) is 0 Å². The van der Waals surface area contributed by atoms with Crippen LogP contribution in [0.1, 0.15) is 28.7 Å². The lowest BCUT2D eigenvalue weighted by Gasteiger charge is -2.51. The number of piperidine rings is 1. The lowest BCUT2D eigenvalue weighted by molar-refractivity contribution is -0.216. The van der Waals surface area contributed by atoms with Gasteiger partial charge in [-0.25, -0.2) is 0 Å². The number of ether oxygens (including phenoxy) is 3. The van der Waals surface area contributed by atoms with Gasteiger partial charge in [0.05, 0.1) is 38.6 Å². The first-order valence-corrected chi connectivity index (χ1v) is 14.7. The highest BCUT2D eigenvalue weighted by Crippen LogP contribution is 2.33. The first-order chi connectivity index (χ1) is 20.7. The molecule has 4 aromatic carbocycles. The van der Waals surface area contributed by atoms with E-state index >= 15 is 0 Å². The quantitative estimate of drug-likeness (QED) is 0.176. The van der Waals surface area contributed by atoms with Crippen LogP contribution < -0.4 is 0 Å². The number of hydrogen-bond acceptors (Lipinski definition) is 5. The number of hydrogen-bond donors (Lipinski definition) is 1. The molecular weight excluding hydrogens is 522 g/mol. The van der Waals surface area contributed by atoms with E-state index < -0.39 is 18.3 Å². The predicted molar refractivity (Wildman–Crippen MR) is 167 cm³/mol. The van der Waals surface area contributed by atoms with Gasteiger partial charge in [0.15, 0.2) is 0 Å². The Morgan fingerprint density at radius 3 is 1.55 bits per heavy atom. The highest BCUT2D eigenvalue weighted by molar-refractivity contribution is 5.18. The molecule has 0 radical (unpaired) electrons. The fourth-order valence-electron chi connectivity index (χ4n) is 5.73. The van der Waals surface area contributed by atoms with Crippen molar-refractivity contribution in [1.82, 2.24) is 4.90 Å². The molecule has 0 amide bonds. The monoisotopic (exact) mass is 563 g/mol. The van der Waals surface area contributed by atoms with Crippen molar-refractivity contribution >= 4 is 0 Å². The zero-order valence-corrected chi connectivity index (χ0v) is 24.1. The molecular formula is C37H41NO4. The minimum absolute atomic E-state index is 0.174. The number of benzene rings is 4. The van der Waals surface area contributed by atoms with Crippen LogP contribution >= 0.6 is 0 Å². The summed E-state index contributed by atoms with van der Waals surface area (Å²) in [5, 5.41) is 11.9. The second-order valence-electron chi connectivity index (χ2n) is 10.8. The number of likely N-dealkylation sites (tertiary alicyclic amines) is 1. The molecule has 0 saturated carbocycles. The molecule has 5 rings (SSSR count). The van der Waals surface area contributed by atoms with Crippen LogP contribution in [0.4, 0.5) is 0 Å². The van der Waals surface area contributed by atoms with E-state index in [1.54, 1.807) is 0 Å². The number of aliphatic hydroxyl groups excluding tert-OH is 1. The Kier molecular flexibility index (Phi) is 11.1. The molecule has 1 aliphatic heterocycles. The van der Waals surface area contributed by atoms with Gasteiger partial charge in [-0.15, -0.1) is 6.58 Å². The second kappa shape index (κ2) is 15.6. The zero-order valence-electron chi connectivity index (χ0n) is 24.1. The first-order valence-electron chi connectivity index (χ1n) is 14.7. The maximum absolute atomic E-state index is 11.9. The van der Waals surface area contributed by atoms with Gasteiger partial charge in [-0.3, -0.25) is 4.90 Å². The Balaban J connectivity index is 1.47. The molecule has 0 spiro atoms. The Hall–Kier alpha value is -3.58. The van der Waals surface area contributed by atoms with Crippen LogP contribution in [-0.2, 0) is 40.6 Å². The summed E-state index contributed by atoms with van der Waals surface area (Å²) in [6.45, 7) is 6.38. The average Bonchev–Trinajstić information content (AvgIpc) is 3.04. The molecule has 5 nitrogen and oxygen atoms in total. The molecule has 1 heterocycles. The first kappa shape index (κ1) is 29.9. The lowest BCUT2D eigenvalue weighted by atomic mass is 9.85. The van der Waals surface area contributed by atoms with Crippen LogP contribution in [0.2, 0.25) is 0 Å². The normalized spacial score (nSPS) is 22.5. The van der Waals surface area contributed by atoms with Gasteiger partial charge in [0.1, 0.15) is 12.2 Å². The van der Waals surface area contributed by atoms with Crippen LogP contribution in [0.15, 0.2) is 134 Å². The molecule has 1 aliphatic rings. The third-order valence-corrected chi connectivity index (χ3v) is 7.87. The molecule has 5 heteroatoms. The molecule has 0 unspecified atom stereocenters. The number of nitrogens with zero attached hydrogens (tertiary/aromatic N) is 1. The molecule has 0 aliphatic carbocycles. The van der Waals surface area contributed by atoms with Crippen molar-refractivity contribution in [1.29, 1.82) is 0 Å². The van der Waals surface area contributed by atoms with E-state index in [9.17, 15) is 5.11 Å². The van der Waals surface area contributed by atoms with Crippen LogP contribution in [-0.4, -0.2) is 47.0 Å². The summed E-state index contributed by atoms with van der Waals surface area (Å²) in [5.74, 6) is 0. The lowest BCUT2D eigenvalue weighted by Crippen LogP contribution is -2.68. The zero-order chi connectivity index (χ0) is 29.0. The minimum Gasteiger partial charge on any atom is -0.389 e. The molecule has 218 valence electrons. The standard InChI is InChI=1S/C37H41NO4/c1-2-15-33-35(39)37(42-27-32-22-13-6-14-23-32)36(41-26-31-20-11-5-12-21-31)34(28-40-25-30-18-9-4-10-19-30)38(33)24-29-16-7-3-8-17-29/h2-14,16-23,33-37,39H,1,15,24-28H2/t33-,34-,35-,36-,37-/m1/s1. The number of aliphatic hydroxyl groups is 1. The topological polar surface area (TPSA) is 51.2 Å². The smallest absolute Gasteiger partial charge is 0.113 e. The molecule has 0 aromatic heterocycles. The summed E-state index contributed by atoms with van der Waals surface area (Å²) in [7, 11) is 0. The fourth-order valence-corrected chi connectivity index (χ4v) is 5.73. The van der Waals surface area contributed by atoms with Gasteiger partial charge in [0, 0.05) is 12.6 Å². The number of rotatable bonds is 14.